The number of benzene rings is 1. The predicted octanol–water partition coefficient (Wildman–Crippen LogP) is 3.38. The van der Waals surface area contributed by atoms with Crippen LogP contribution in [0.15, 0.2) is 16.6 Å². The van der Waals surface area contributed by atoms with E-state index in [2.05, 4.69) is 15.9 Å². The molecule has 0 saturated carbocycles. The van der Waals surface area contributed by atoms with Gasteiger partial charge in [-0.05, 0) is 46.0 Å². The molecule has 1 aromatic carbocycles. The van der Waals surface area contributed by atoms with Crippen LogP contribution in [-0.4, -0.2) is 22.9 Å². The summed E-state index contributed by atoms with van der Waals surface area (Å²) < 4.78 is 5.86. The number of phenols is 1. The molecule has 0 fully saturated rings. The van der Waals surface area contributed by atoms with Crippen LogP contribution in [0.5, 0.6) is 11.5 Å². The molecule has 0 aliphatic heterocycles. The third kappa shape index (κ3) is 4.52. The molecule has 0 aliphatic rings. The monoisotopic (exact) mass is 367 g/mol. The number of hydrogen-bond acceptors (Lipinski definition) is 4. The standard InChI is InChI=1S/C14H22BrNO3.ClH/c1-5-19-10-7-8(6-9(15)12(10)17)11(16)13(18)14(2,3)4;/h6-7,11,13,17-18H,5,16H2,1-4H3;1H/t11-,13-;/m1./s1. The van der Waals surface area contributed by atoms with Crippen LogP contribution in [-0.2, 0) is 0 Å². The highest BCUT2D eigenvalue weighted by atomic mass is 79.9. The molecule has 0 bridgehead atoms. The number of ether oxygens (including phenoxy) is 1. The van der Waals surface area contributed by atoms with Crippen molar-refractivity contribution in [2.75, 3.05) is 6.61 Å². The molecule has 0 radical (unpaired) electrons. The summed E-state index contributed by atoms with van der Waals surface area (Å²) in [7, 11) is 0. The summed E-state index contributed by atoms with van der Waals surface area (Å²) in [6.07, 6.45) is -0.696. The van der Waals surface area contributed by atoms with Crippen LogP contribution in [0.25, 0.3) is 0 Å². The smallest absolute Gasteiger partial charge is 0.172 e. The summed E-state index contributed by atoms with van der Waals surface area (Å²) in [6.45, 7) is 8.06. The van der Waals surface area contributed by atoms with Crippen LogP contribution in [0.4, 0.5) is 0 Å². The molecule has 1 aromatic rings. The fourth-order valence-corrected chi connectivity index (χ4v) is 2.23. The first-order chi connectivity index (χ1) is 8.68. The summed E-state index contributed by atoms with van der Waals surface area (Å²) in [6, 6.07) is 2.83. The molecule has 0 amide bonds. The molecule has 0 aromatic heterocycles. The van der Waals surface area contributed by atoms with Crippen molar-refractivity contribution in [3.8, 4) is 11.5 Å². The molecule has 1 rings (SSSR count). The lowest BCUT2D eigenvalue weighted by molar-refractivity contribution is 0.0400. The van der Waals surface area contributed by atoms with E-state index < -0.39 is 12.1 Å². The van der Waals surface area contributed by atoms with Gasteiger partial charge in [0.05, 0.1) is 23.2 Å². The highest BCUT2D eigenvalue weighted by molar-refractivity contribution is 9.10. The van der Waals surface area contributed by atoms with Crippen LogP contribution in [0.2, 0.25) is 0 Å². The SMILES string of the molecule is CCOc1cc([C@@H](N)[C@@H](O)C(C)(C)C)cc(Br)c1O.Cl. The first-order valence-corrected chi connectivity index (χ1v) is 7.06. The fourth-order valence-electron chi connectivity index (χ4n) is 1.77. The van der Waals surface area contributed by atoms with Crippen molar-refractivity contribution in [1.82, 2.24) is 0 Å². The van der Waals surface area contributed by atoms with Crippen molar-refractivity contribution in [2.45, 2.75) is 39.8 Å². The zero-order chi connectivity index (χ0) is 14.8. The molecule has 116 valence electrons. The van der Waals surface area contributed by atoms with Crippen molar-refractivity contribution in [2.24, 2.45) is 11.1 Å². The van der Waals surface area contributed by atoms with Gasteiger partial charge in [0.25, 0.3) is 0 Å². The molecule has 2 atom stereocenters. The van der Waals surface area contributed by atoms with Crippen LogP contribution >= 0.6 is 28.3 Å². The van der Waals surface area contributed by atoms with Crippen molar-refractivity contribution in [3.63, 3.8) is 0 Å². The number of phenolic OH excluding ortho intramolecular Hbond substituents is 1. The lowest BCUT2D eigenvalue weighted by Crippen LogP contribution is -2.37. The van der Waals surface area contributed by atoms with Crippen molar-refractivity contribution < 1.29 is 14.9 Å². The Morgan fingerprint density at radius 2 is 1.90 bits per heavy atom. The first-order valence-electron chi connectivity index (χ1n) is 6.27. The van der Waals surface area contributed by atoms with E-state index in [-0.39, 0.29) is 23.6 Å². The van der Waals surface area contributed by atoms with Crippen LogP contribution in [0.1, 0.15) is 39.3 Å². The number of nitrogens with two attached hydrogens (primary N) is 1. The Hall–Kier alpha value is -0.490. The number of hydrogen-bond donors (Lipinski definition) is 3. The Morgan fingerprint density at radius 1 is 1.35 bits per heavy atom. The first kappa shape index (κ1) is 19.5. The molecule has 0 aliphatic carbocycles. The Kier molecular flexibility index (Phi) is 7.32. The maximum Gasteiger partial charge on any atom is 0.172 e. The Balaban J connectivity index is 0.00000361. The highest BCUT2D eigenvalue weighted by Crippen LogP contribution is 2.38. The Labute approximate surface area is 134 Å². The second-order valence-corrected chi connectivity index (χ2v) is 6.47. The van der Waals surface area contributed by atoms with Gasteiger partial charge < -0.3 is 20.7 Å². The minimum Gasteiger partial charge on any atom is -0.503 e. The van der Waals surface area contributed by atoms with E-state index >= 15 is 0 Å². The van der Waals surface area contributed by atoms with E-state index in [4.69, 9.17) is 10.5 Å². The second-order valence-electron chi connectivity index (χ2n) is 5.62. The van der Waals surface area contributed by atoms with E-state index in [0.29, 0.717) is 16.8 Å². The van der Waals surface area contributed by atoms with Gasteiger partial charge in [-0.2, -0.15) is 0 Å². The van der Waals surface area contributed by atoms with Crippen molar-refractivity contribution in [3.05, 3.63) is 22.2 Å². The maximum atomic E-state index is 10.2. The molecule has 4 nitrogen and oxygen atoms in total. The maximum absolute atomic E-state index is 10.2. The molecule has 0 unspecified atom stereocenters. The average Bonchev–Trinajstić information content (AvgIpc) is 2.32. The van der Waals surface area contributed by atoms with Gasteiger partial charge in [-0.3, -0.25) is 0 Å². The van der Waals surface area contributed by atoms with E-state index in [1.54, 1.807) is 12.1 Å². The normalized spacial score (nSPS) is 14.3. The van der Waals surface area contributed by atoms with Crippen LogP contribution in [0.3, 0.4) is 0 Å². The van der Waals surface area contributed by atoms with E-state index in [9.17, 15) is 10.2 Å². The number of aliphatic hydroxyl groups excluding tert-OH is 1. The molecular weight excluding hydrogens is 346 g/mol. The van der Waals surface area contributed by atoms with Gasteiger partial charge in [-0.25, -0.2) is 0 Å². The average molecular weight is 369 g/mol. The molecular formula is C14H23BrClNO3. The third-order valence-electron chi connectivity index (χ3n) is 2.96. The van der Waals surface area contributed by atoms with Gasteiger partial charge in [0.1, 0.15) is 0 Å². The molecule has 4 N–H and O–H groups in total. The van der Waals surface area contributed by atoms with E-state index in [1.165, 1.54) is 0 Å². The minimum absolute atomic E-state index is 0. The zero-order valence-electron chi connectivity index (χ0n) is 12.2. The van der Waals surface area contributed by atoms with Crippen molar-refractivity contribution >= 4 is 28.3 Å². The van der Waals surface area contributed by atoms with E-state index in [1.807, 2.05) is 27.7 Å². The van der Waals surface area contributed by atoms with Crippen LogP contribution in [0, 0.1) is 5.41 Å². The van der Waals surface area contributed by atoms with E-state index in [0.717, 1.165) is 5.56 Å². The number of rotatable bonds is 4. The van der Waals surface area contributed by atoms with Gasteiger partial charge in [0, 0.05) is 0 Å². The zero-order valence-corrected chi connectivity index (χ0v) is 14.6. The predicted molar refractivity (Wildman–Crippen MR) is 86.6 cm³/mol. The Morgan fingerprint density at radius 3 is 2.35 bits per heavy atom. The van der Waals surface area contributed by atoms with Gasteiger partial charge in [0.2, 0.25) is 0 Å². The quantitative estimate of drug-likeness (QED) is 0.761. The van der Waals surface area contributed by atoms with Gasteiger partial charge in [-0.15, -0.1) is 12.4 Å². The van der Waals surface area contributed by atoms with Gasteiger partial charge >= 0.3 is 0 Å². The number of aromatic hydroxyl groups is 1. The summed E-state index contributed by atoms with van der Waals surface area (Å²) >= 11 is 3.27. The fraction of sp³-hybridized carbons (Fsp3) is 0.571. The largest absolute Gasteiger partial charge is 0.503 e. The topological polar surface area (TPSA) is 75.7 Å². The summed E-state index contributed by atoms with van der Waals surface area (Å²) in [4.78, 5) is 0. The Bertz CT molecular complexity index is 449. The number of aliphatic hydroxyl groups is 1. The third-order valence-corrected chi connectivity index (χ3v) is 3.57. The summed E-state index contributed by atoms with van der Waals surface area (Å²) in [5, 5.41) is 20.1. The van der Waals surface area contributed by atoms with Crippen LogP contribution < -0.4 is 10.5 Å². The molecule has 20 heavy (non-hydrogen) atoms. The van der Waals surface area contributed by atoms with Gasteiger partial charge in [0.15, 0.2) is 11.5 Å². The number of halogens is 2. The van der Waals surface area contributed by atoms with Gasteiger partial charge in [-0.1, -0.05) is 20.8 Å². The second kappa shape index (κ2) is 7.50. The molecule has 0 saturated heterocycles. The highest BCUT2D eigenvalue weighted by Gasteiger charge is 2.30. The molecule has 0 heterocycles. The summed E-state index contributed by atoms with van der Waals surface area (Å²) in [5.41, 5.74) is 6.49. The summed E-state index contributed by atoms with van der Waals surface area (Å²) in [5.74, 6) is 0.409. The lowest BCUT2D eigenvalue weighted by atomic mass is 9.82. The molecule has 6 heteroatoms. The lowest BCUT2D eigenvalue weighted by Gasteiger charge is -2.31. The minimum atomic E-state index is -0.696. The van der Waals surface area contributed by atoms with Crippen molar-refractivity contribution in [1.29, 1.82) is 0 Å². The molecule has 0 spiro atoms.